The maximum Gasteiger partial charge on any atom is 0.416 e. The van der Waals surface area contributed by atoms with Gasteiger partial charge in [-0.25, -0.2) is 18.4 Å². The van der Waals surface area contributed by atoms with Crippen LogP contribution in [0.5, 0.6) is 0 Å². The van der Waals surface area contributed by atoms with Gasteiger partial charge in [0.15, 0.2) is 0 Å². The Kier molecular flexibility index (Phi) is 10.6. The van der Waals surface area contributed by atoms with Crippen molar-refractivity contribution in [3.63, 3.8) is 0 Å². The van der Waals surface area contributed by atoms with Crippen molar-refractivity contribution in [2.45, 2.75) is 68.5 Å². The summed E-state index contributed by atoms with van der Waals surface area (Å²) >= 11 is 6.91. The first-order chi connectivity index (χ1) is 21.7. The van der Waals surface area contributed by atoms with Crippen LogP contribution >= 0.6 is 22.9 Å². The van der Waals surface area contributed by atoms with Crippen LogP contribution in [0.2, 0.25) is 4.34 Å². The number of nitrogens with one attached hydrogen (secondary N) is 1. The molecular formula is C31H38ClF3N6O3S2. The molecule has 3 aromatic rings. The fraction of sp³-hybridized carbons (Fsp3) is 0.516. The number of piperidine rings is 1. The van der Waals surface area contributed by atoms with Crippen LogP contribution in [0.4, 0.5) is 19.1 Å². The lowest BCUT2D eigenvalue weighted by Crippen LogP contribution is -2.45. The van der Waals surface area contributed by atoms with Crippen molar-refractivity contribution in [2.24, 2.45) is 5.92 Å². The van der Waals surface area contributed by atoms with Crippen LogP contribution in [0.3, 0.4) is 0 Å². The summed E-state index contributed by atoms with van der Waals surface area (Å²) < 4.78 is 67.8. The summed E-state index contributed by atoms with van der Waals surface area (Å²) in [4.78, 5) is 27.2. The minimum absolute atomic E-state index is 0.0160. The summed E-state index contributed by atoms with van der Waals surface area (Å²) in [5.74, 6) is 0.368. The second-order valence-corrected chi connectivity index (χ2v) is 16.0. The van der Waals surface area contributed by atoms with E-state index in [-0.39, 0.29) is 17.3 Å². The van der Waals surface area contributed by atoms with Crippen LogP contribution in [-0.4, -0.2) is 78.8 Å². The van der Waals surface area contributed by atoms with Crippen LogP contribution in [0, 0.1) is 5.92 Å². The number of carbonyl (C=O) groups is 1. The van der Waals surface area contributed by atoms with Gasteiger partial charge in [-0.15, -0.1) is 11.3 Å². The van der Waals surface area contributed by atoms with Gasteiger partial charge >= 0.3 is 6.18 Å². The van der Waals surface area contributed by atoms with E-state index in [2.05, 4.69) is 24.1 Å². The number of nitrogens with zero attached hydrogens (tertiary/aromatic N) is 5. The Hall–Kier alpha value is -2.78. The van der Waals surface area contributed by atoms with E-state index in [1.165, 1.54) is 28.6 Å². The topological polar surface area (TPSA) is 98.7 Å². The van der Waals surface area contributed by atoms with Crippen molar-refractivity contribution in [1.29, 1.82) is 0 Å². The maximum atomic E-state index is 13.4. The Morgan fingerprint density at radius 1 is 1.09 bits per heavy atom. The molecule has 250 valence electrons. The quantitative estimate of drug-likeness (QED) is 0.282. The fourth-order valence-corrected chi connectivity index (χ4v) is 9.25. The number of hydrogen-bond acceptors (Lipinski definition) is 8. The second kappa shape index (κ2) is 14.1. The first kappa shape index (κ1) is 34.6. The molecule has 4 heterocycles. The normalized spacial score (nSPS) is 18.7. The number of rotatable bonds is 10. The van der Waals surface area contributed by atoms with E-state index in [1.54, 1.807) is 6.07 Å². The number of anilines is 1. The molecule has 0 spiro atoms. The van der Waals surface area contributed by atoms with Gasteiger partial charge in [-0.05, 0) is 88.9 Å². The SMILES string of the molecule is CC(C)N1CCC(CN(C)c2nc(CNC(=O)C3CCCN3S(=O)(=O)c3ccc(Cl)s3)cc(-c3ccc(C(F)(F)F)cc3)n2)CC1. The largest absolute Gasteiger partial charge is 0.416 e. The third-order valence-electron chi connectivity index (χ3n) is 8.59. The van der Waals surface area contributed by atoms with E-state index in [4.69, 9.17) is 21.6 Å². The molecule has 46 heavy (non-hydrogen) atoms. The number of amides is 1. The molecule has 0 bridgehead atoms. The van der Waals surface area contributed by atoms with Gasteiger partial charge in [-0.3, -0.25) is 4.79 Å². The number of benzene rings is 1. The minimum atomic E-state index is -4.46. The van der Waals surface area contributed by atoms with Gasteiger partial charge < -0.3 is 15.1 Å². The molecule has 2 fully saturated rings. The molecule has 2 aliphatic heterocycles. The Balaban J connectivity index is 1.35. The van der Waals surface area contributed by atoms with Gasteiger partial charge in [0.05, 0.1) is 27.8 Å². The molecule has 0 saturated carbocycles. The van der Waals surface area contributed by atoms with Crippen LogP contribution in [-0.2, 0) is 27.5 Å². The summed E-state index contributed by atoms with van der Waals surface area (Å²) in [5, 5.41) is 2.84. The molecule has 9 nitrogen and oxygen atoms in total. The van der Waals surface area contributed by atoms with Crippen molar-refractivity contribution in [3.05, 3.63) is 58.1 Å². The predicted octanol–water partition coefficient (Wildman–Crippen LogP) is 5.90. The number of likely N-dealkylation sites (tertiary alicyclic amines) is 1. The lowest BCUT2D eigenvalue weighted by atomic mass is 9.95. The number of alkyl halides is 3. The van der Waals surface area contributed by atoms with Crippen LogP contribution in [0.1, 0.15) is 50.8 Å². The predicted molar refractivity (Wildman–Crippen MR) is 173 cm³/mol. The van der Waals surface area contributed by atoms with E-state index < -0.39 is 33.7 Å². The first-order valence-corrected chi connectivity index (χ1v) is 17.9. The molecule has 15 heteroatoms. The number of carbonyl (C=O) groups excluding carboxylic acids is 1. The van der Waals surface area contributed by atoms with E-state index in [0.29, 0.717) is 58.6 Å². The summed E-state index contributed by atoms with van der Waals surface area (Å²) in [6, 6.07) is 8.96. The molecule has 1 amide bonds. The van der Waals surface area contributed by atoms with E-state index in [0.717, 1.165) is 49.4 Å². The van der Waals surface area contributed by atoms with Crippen molar-refractivity contribution < 1.29 is 26.4 Å². The Bertz CT molecular complexity index is 1630. The average molecular weight is 699 g/mol. The molecule has 1 atom stereocenters. The molecule has 5 rings (SSSR count). The fourth-order valence-electron chi connectivity index (χ4n) is 5.98. The number of hydrogen-bond donors (Lipinski definition) is 1. The lowest BCUT2D eigenvalue weighted by molar-refractivity contribution is -0.137. The van der Waals surface area contributed by atoms with Crippen molar-refractivity contribution in [2.75, 3.05) is 38.1 Å². The smallest absolute Gasteiger partial charge is 0.349 e. The number of halogens is 4. The van der Waals surface area contributed by atoms with Gasteiger partial charge in [0.1, 0.15) is 10.3 Å². The Morgan fingerprint density at radius 3 is 2.39 bits per heavy atom. The highest BCUT2D eigenvalue weighted by Crippen LogP contribution is 2.33. The summed E-state index contributed by atoms with van der Waals surface area (Å²) in [6.07, 6.45) is -1.50. The molecule has 1 aromatic carbocycles. The highest BCUT2D eigenvalue weighted by atomic mass is 35.5. The Labute approximate surface area is 276 Å². The Morgan fingerprint density at radius 2 is 1.78 bits per heavy atom. The van der Waals surface area contributed by atoms with Crippen LogP contribution in [0.15, 0.2) is 46.7 Å². The van der Waals surface area contributed by atoms with Crippen LogP contribution < -0.4 is 10.2 Å². The second-order valence-electron chi connectivity index (χ2n) is 12.1. The number of sulfonamides is 1. The van der Waals surface area contributed by atoms with Gasteiger partial charge in [0.2, 0.25) is 11.9 Å². The van der Waals surface area contributed by atoms with E-state index >= 15 is 0 Å². The van der Waals surface area contributed by atoms with Crippen molar-refractivity contribution in [3.8, 4) is 11.3 Å². The zero-order valence-electron chi connectivity index (χ0n) is 25.9. The summed E-state index contributed by atoms with van der Waals surface area (Å²) in [7, 11) is -2.01. The average Bonchev–Trinajstić information content (AvgIpc) is 3.70. The molecule has 2 aromatic heterocycles. The van der Waals surface area contributed by atoms with E-state index in [9.17, 15) is 26.4 Å². The molecule has 1 N–H and O–H groups in total. The third kappa shape index (κ3) is 8.01. The standard InChI is InChI=1S/C31H38ClF3N6O3S2/c1-20(2)40-15-12-21(13-16-40)19-39(3)30-37-24(17-25(38-30)22-6-8-23(9-7-22)31(33,34)35)18-36-29(42)26-5-4-14-41(26)46(43,44)28-11-10-27(32)45-28/h6-11,17,20-21,26H,4-5,12-16,18-19H2,1-3H3,(H,36,42). The van der Waals surface area contributed by atoms with Crippen LogP contribution in [0.25, 0.3) is 11.3 Å². The highest BCUT2D eigenvalue weighted by Gasteiger charge is 2.40. The minimum Gasteiger partial charge on any atom is -0.349 e. The zero-order valence-corrected chi connectivity index (χ0v) is 28.3. The molecule has 0 aliphatic carbocycles. The lowest BCUT2D eigenvalue weighted by Gasteiger charge is -2.36. The first-order valence-electron chi connectivity index (χ1n) is 15.3. The molecule has 0 radical (unpaired) electrons. The third-order valence-corrected chi connectivity index (χ3v) is 12.2. The monoisotopic (exact) mass is 698 g/mol. The van der Waals surface area contributed by atoms with Gasteiger partial charge in [0.25, 0.3) is 10.0 Å². The number of thiophene rings is 1. The number of aromatic nitrogens is 2. The van der Waals surface area contributed by atoms with Gasteiger partial charge in [0, 0.05) is 31.7 Å². The summed E-state index contributed by atoms with van der Waals surface area (Å²) in [6.45, 7) is 7.30. The van der Waals surface area contributed by atoms with E-state index in [1.807, 2.05) is 11.9 Å². The maximum absolute atomic E-state index is 13.4. The summed E-state index contributed by atoms with van der Waals surface area (Å²) in [5.41, 5.74) is 0.588. The highest BCUT2D eigenvalue weighted by molar-refractivity contribution is 7.91. The van der Waals surface area contributed by atoms with Crippen molar-refractivity contribution >= 4 is 44.8 Å². The molecule has 2 aliphatic rings. The molecular weight excluding hydrogens is 661 g/mol. The van der Waals surface area contributed by atoms with Gasteiger partial charge in [-0.2, -0.15) is 17.5 Å². The van der Waals surface area contributed by atoms with Crippen molar-refractivity contribution in [1.82, 2.24) is 24.5 Å². The zero-order chi connectivity index (χ0) is 33.2. The molecule has 2 saturated heterocycles. The van der Waals surface area contributed by atoms with Gasteiger partial charge in [-0.1, -0.05) is 23.7 Å². The molecule has 1 unspecified atom stereocenters.